The van der Waals surface area contributed by atoms with Crippen molar-refractivity contribution in [2.45, 2.75) is 44.9 Å². The van der Waals surface area contributed by atoms with Gasteiger partial charge >= 0.3 is 0 Å². The Hall–Kier alpha value is -3.48. The maximum atomic E-state index is 11.7. The maximum absolute atomic E-state index is 11.7. The van der Waals surface area contributed by atoms with Crippen molar-refractivity contribution < 1.29 is 14.7 Å². The molecule has 0 heterocycles. The number of hydrogen-bond donors (Lipinski definition) is 3. The smallest absolute Gasteiger partial charge is 0.240 e. The SMILES string of the molecule is O=C(CCCCCCCC(=O)N/N=C/c1ccccc1O)N/N=C/c1ccccc1. The summed E-state index contributed by atoms with van der Waals surface area (Å²) in [5.41, 5.74) is 6.48. The normalized spacial score (nSPS) is 11.1. The molecule has 158 valence electrons. The predicted molar refractivity (Wildman–Crippen MR) is 118 cm³/mol. The van der Waals surface area contributed by atoms with E-state index in [2.05, 4.69) is 21.1 Å². The molecule has 0 unspecified atom stereocenters. The summed E-state index contributed by atoms with van der Waals surface area (Å²) in [4.78, 5) is 23.5. The molecule has 3 N–H and O–H groups in total. The Morgan fingerprint density at radius 3 is 1.90 bits per heavy atom. The van der Waals surface area contributed by atoms with E-state index >= 15 is 0 Å². The van der Waals surface area contributed by atoms with Crippen LogP contribution in [0.1, 0.15) is 56.1 Å². The van der Waals surface area contributed by atoms with Crippen LogP contribution in [0.25, 0.3) is 0 Å². The predicted octanol–water partition coefficient (Wildman–Crippen LogP) is 3.72. The lowest BCUT2D eigenvalue weighted by molar-refractivity contribution is -0.121. The van der Waals surface area contributed by atoms with E-state index < -0.39 is 0 Å². The highest BCUT2D eigenvalue weighted by Gasteiger charge is 2.02. The quantitative estimate of drug-likeness (QED) is 0.283. The minimum absolute atomic E-state index is 0.0936. The molecule has 2 amide bonds. The topological polar surface area (TPSA) is 103 Å². The number of benzene rings is 2. The van der Waals surface area contributed by atoms with Crippen LogP contribution in [-0.2, 0) is 9.59 Å². The summed E-state index contributed by atoms with van der Waals surface area (Å²) in [5.74, 6) is -0.131. The highest BCUT2D eigenvalue weighted by Crippen LogP contribution is 2.12. The third kappa shape index (κ3) is 9.64. The van der Waals surface area contributed by atoms with Crippen molar-refractivity contribution in [3.63, 3.8) is 0 Å². The number of amides is 2. The van der Waals surface area contributed by atoms with Gasteiger partial charge in [0.05, 0.1) is 12.4 Å². The number of nitrogens with zero attached hydrogens (tertiary/aromatic N) is 2. The van der Waals surface area contributed by atoms with Gasteiger partial charge in [-0.25, -0.2) is 10.9 Å². The second-order valence-corrected chi connectivity index (χ2v) is 6.82. The van der Waals surface area contributed by atoms with E-state index in [1.165, 1.54) is 6.21 Å². The second kappa shape index (κ2) is 13.7. The molecule has 0 bridgehead atoms. The van der Waals surface area contributed by atoms with Gasteiger partial charge in [0.2, 0.25) is 11.8 Å². The molecule has 0 aliphatic rings. The van der Waals surface area contributed by atoms with Gasteiger partial charge in [-0.15, -0.1) is 0 Å². The summed E-state index contributed by atoms with van der Waals surface area (Å²) < 4.78 is 0. The monoisotopic (exact) mass is 408 g/mol. The van der Waals surface area contributed by atoms with Crippen molar-refractivity contribution >= 4 is 24.2 Å². The molecule has 0 radical (unpaired) electrons. The fraction of sp³-hybridized carbons (Fsp3) is 0.304. The molecule has 7 nitrogen and oxygen atoms in total. The minimum Gasteiger partial charge on any atom is -0.507 e. The molecule has 30 heavy (non-hydrogen) atoms. The first-order valence-corrected chi connectivity index (χ1v) is 10.1. The lowest BCUT2D eigenvalue weighted by Gasteiger charge is -2.02. The Labute approximate surface area is 176 Å². The highest BCUT2D eigenvalue weighted by molar-refractivity contribution is 5.85. The molecule has 0 atom stereocenters. The molecule has 0 aliphatic carbocycles. The summed E-state index contributed by atoms with van der Waals surface area (Å²) >= 11 is 0. The van der Waals surface area contributed by atoms with Gasteiger partial charge in [0.1, 0.15) is 5.75 Å². The molecule has 0 saturated carbocycles. The van der Waals surface area contributed by atoms with Crippen LogP contribution in [0.3, 0.4) is 0 Å². The standard InChI is InChI=1S/C23H28N4O3/c28-21-14-10-9-13-20(21)18-25-27-23(30)16-8-3-1-2-7-15-22(29)26-24-17-19-11-5-4-6-12-19/h4-6,9-14,17-18,28H,1-3,7-8,15-16H2,(H,26,29)(H,27,30)/b24-17+,25-18+. The summed E-state index contributed by atoms with van der Waals surface area (Å²) in [6, 6.07) is 16.3. The van der Waals surface area contributed by atoms with Crippen molar-refractivity contribution in [3.05, 3.63) is 65.7 Å². The number of rotatable bonds is 12. The molecule has 0 fully saturated rings. The number of aromatic hydroxyl groups is 1. The first-order chi connectivity index (χ1) is 14.6. The van der Waals surface area contributed by atoms with E-state index in [0.29, 0.717) is 18.4 Å². The Balaban J connectivity index is 1.46. The average molecular weight is 409 g/mol. The molecule has 2 rings (SSSR count). The lowest BCUT2D eigenvalue weighted by Crippen LogP contribution is -2.17. The Morgan fingerprint density at radius 1 is 0.733 bits per heavy atom. The average Bonchev–Trinajstić information content (AvgIpc) is 2.75. The number of unbranched alkanes of at least 4 members (excludes halogenated alkanes) is 4. The third-order valence-corrected chi connectivity index (χ3v) is 4.34. The molecule has 0 spiro atoms. The fourth-order valence-corrected chi connectivity index (χ4v) is 2.70. The van der Waals surface area contributed by atoms with Crippen molar-refractivity contribution in [2.75, 3.05) is 0 Å². The lowest BCUT2D eigenvalue weighted by atomic mass is 10.1. The zero-order chi connectivity index (χ0) is 21.4. The number of phenolic OH excluding ortho intramolecular Hbond substituents is 1. The number of hydrogen-bond acceptors (Lipinski definition) is 5. The summed E-state index contributed by atoms with van der Waals surface area (Å²) in [6.07, 6.45) is 8.26. The van der Waals surface area contributed by atoms with Crippen LogP contribution >= 0.6 is 0 Å². The van der Waals surface area contributed by atoms with Gasteiger partial charge in [0.15, 0.2) is 0 Å². The third-order valence-electron chi connectivity index (χ3n) is 4.34. The second-order valence-electron chi connectivity index (χ2n) is 6.82. The number of nitrogens with one attached hydrogen (secondary N) is 2. The zero-order valence-corrected chi connectivity index (χ0v) is 17.0. The molecule has 2 aromatic carbocycles. The maximum Gasteiger partial charge on any atom is 0.240 e. The van der Waals surface area contributed by atoms with Gasteiger partial charge in [-0.2, -0.15) is 10.2 Å². The Kier molecular flexibility index (Phi) is 10.4. The van der Waals surface area contributed by atoms with Gasteiger partial charge in [-0.1, -0.05) is 61.7 Å². The van der Waals surface area contributed by atoms with Crippen LogP contribution in [0.5, 0.6) is 5.75 Å². The van der Waals surface area contributed by atoms with Crippen LogP contribution in [0.4, 0.5) is 0 Å². The fourth-order valence-electron chi connectivity index (χ4n) is 2.70. The van der Waals surface area contributed by atoms with Crippen molar-refractivity contribution in [1.29, 1.82) is 0 Å². The minimum atomic E-state index is -0.155. The number of carbonyl (C=O) groups is 2. The van der Waals surface area contributed by atoms with Gasteiger partial charge in [0, 0.05) is 18.4 Å². The number of carbonyl (C=O) groups excluding carboxylic acids is 2. The van der Waals surface area contributed by atoms with Gasteiger partial charge in [0.25, 0.3) is 0 Å². The largest absolute Gasteiger partial charge is 0.507 e. The number of phenols is 1. The van der Waals surface area contributed by atoms with Crippen LogP contribution in [0.2, 0.25) is 0 Å². The van der Waals surface area contributed by atoms with E-state index in [1.54, 1.807) is 30.5 Å². The van der Waals surface area contributed by atoms with Crippen molar-refractivity contribution in [3.8, 4) is 5.75 Å². The van der Waals surface area contributed by atoms with Crippen molar-refractivity contribution in [1.82, 2.24) is 10.9 Å². The molecule has 0 saturated heterocycles. The van der Waals surface area contributed by atoms with E-state index in [-0.39, 0.29) is 17.6 Å². The first-order valence-electron chi connectivity index (χ1n) is 10.1. The highest BCUT2D eigenvalue weighted by atomic mass is 16.3. The van der Waals surface area contributed by atoms with Gasteiger partial charge < -0.3 is 5.11 Å². The Bertz CT molecular complexity index is 851. The molecular weight excluding hydrogens is 380 g/mol. The van der Waals surface area contributed by atoms with E-state index in [0.717, 1.165) is 37.7 Å². The molecule has 7 heteroatoms. The zero-order valence-electron chi connectivity index (χ0n) is 17.0. The van der Waals surface area contributed by atoms with E-state index in [1.807, 2.05) is 30.3 Å². The van der Waals surface area contributed by atoms with Gasteiger partial charge in [-0.3, -0.25) is 9.59 Å². The number of hydrazone groups is 2. The number of para-hydroxylation sites is 1. The van der Waals surface area contributed by atoms with E-state index in [9.17, 15) is 14.7 Å². The summed E-state index contributed by atoms with van der Waals surface area (Å²) in [6.45, 7) is 0. The molecule has 2 aromatic rings. The summed E-state index contributed by atoms with van der Waals surface area (Å²) in [5, 5.41) is 17.4. The molecule has 0 aromatic heterocycles. The molecular formula is C23H28N4O3. The first kappa shape index (κ1) is 22.8. The summed E-state index contributed by atoms with van der Waals surface area (Å²) in [7, 11) is 0. The molecule has 0 aliphatic heterocycles. The van der Waals surface area contributed by atoms with Crippen LogP contribution < -0.4 is 10.9 Å². The van der Waals surface area contributed by atoms with Crippen LogP contribution in [-0.4, -0.2) is 29.4 Å². The Morgan fingerprint density at radius 2 is 1.27 bits per heavy atom. The van der Waals surface area contributed by atoms with Crippen molar-refractivity contribution in [2.24, 2.45) is 10.2 Å². The van der Waals surface area contributed by atoms with Gasteiger partial charge in [-0.05, 0) is 30.5 Å². The van der Waals surface area contributed by atoms with Crippen LogP contribution in [0.15, 0.2) is 64.8 Å². The van der Waals surface area contributed by atoms with Crippen LogP contribution in [0, 0.1) is 0 Å². The van der Waals surface area contributed by atoms with E-state index in [4.69, 9.17) is 0 Å².